The normalized spacial score (nSPS) is 10.6. The van der Waals surface area contributed by atoms with E-state index in [9.17, 15) is 9.59 Å². The first-order chi connectivity index (χ1) is 11.0. The van der Waals surface area contributed by atoms with E-state index < -0.39 is 5.97 Å². The molecule has 7 nitrogen and oxygen atoms in total. The standard InChI is InChI=1S/C15H20N4O3S/c1-5-7-9-11(14(21)22-4)8(3)16-12(9)13(20)17-15-19-18-10(6-2)23-15/h16H,5-7H2,1-4H3,(H,17,19,20). The fourth-order valence-electron chi connectivity index (χ4n) is 2.36. The highest BCUT2D eigenvalue weighted by molar-refractivity contribution is 7.15. The van der Waals surface area contributed by atoms with Gasteiger partial charge in [0.05, 0.1) is 12.7 Å². The molecule has 8 heteroatoms. The second-order valence-electron chi connectivity index (χ2n) is 5.03. The number of esters is 1. The third-order valence-electron chi connectivity index (χ3n) is 3.40. The number of methoxy groups -OCH3 is 1. The molecule has 2 aromatic heterocycles. The van der Waals surface area contributed by atoms with Crippen LogP contribution in [0.4, 0.5) is 5.13 Å². The molecule has 0 spiro atoms. The van der Waals surface area contributed by atoms with Gasteiger partial charge >= 0.3 is 5.97 Å². The van der Waals surface area contributed by atoms with Crippen LogP contribution in [-0.2, 0) is 17.6 Å². The summed E-state index contributed by atoms with van der Waals surface area (Å²) < 4.78 is 4.82. The second-order valence-corrected chi connectivity index (χ2v) is 6.09. The molecule has 0 fully saturated rings. The Morgan fingerprint density at radius 1 is 1.30 bits per heavy atom. The number of H-pyrrole nitrogens is 1. The predicted octanol–water partition coefficient (Wildman–Crippen LogP) is 2.73. The zero-order valence-electron chi connectivity index (χ0n) is 13.6. The summed E-state index contributed by atoms with van der Waals surface area (Å²) in [5.74, 6) is -0.768. The molecule has 124 valence electrons. The predicted molar refractivity (Wildman–Crippen MR) is 88.1 cm³/mol. The van der Waals surface area contributed by atoms with E-state index in [1.54, 1.807) is 6.92 Å². The summed E-state index contributed by atoms with van der Waals surface area (Å²) in [7, 11) is 1.33. The van der Waals surface area contributed by atoms with E-state index in [2.05, 4.69) is 20.5 Å². The third kappa shape index (κ3) is 3.58. The average Bonchev–Trinajstić information content (AvgIpc) is 3.11. The summed E-state index contributed by atoms with van der Waals surface area (Å²) in [5.41, 5.74) is 2.11. The highest BCUT2D eigenvalue weighted by atomic mass is 32.1. The number of carbonyl (C=O) groups excluding carboxylic acids is 2. The molecule has 0 unspecified atom stereocenters. The fraction of sp³-hybridized carbons (Fsp3) is 0.467. The lowest BCUT2D eigenvalue weighted by molar-refractivity contribution is 0.0599. The Balaban J connectivity index is 2.33. The molecule has 0 saturated carbocycles. The van der Waals surface area contributed by atoms with Gasteiger partial charge in [-0.25, -0.2) is 4.79 Å². The Morgan fingerprint density at radius 3 is 2.61 bits per heavy atom. The number of hydrogen-bond acceptors (Lipinski definition) is 6. The molecule has 2 heterocycles. The van der Waals surface area contributed by atoms with Crippen molar-refractivity contribution >= 4 is 28.3 Å². The number of ether oxygens (including phenoxy) is 1. The minimum atomic E-state index is -0.439. The number of carbonyl (C=O) groups is 2. The monoisotopic (exact) mass is 336 g/mol. The topological polar surface area (TPSA) is 97.0 Å². The van der Waals surface area contributed by atoms with Crippen LogP contribution in [0.1, 0.15) is 57.4 Å². The van der Waals surface area contributed by atoms with Gasteiger partial charge in [-0.2, -0.15) is 0 Å². The van der Waals surface area contributed by atoms with Gasteiger partial charge in [-0.3, -0.25) is 10.1 Å². The first-order valence-corrected chi connectivity index (χ1v) is 8.26. The van der Waals surface area contributed by atoms with Crippen LogP contribution >= 0.6 is 11.3 Å². The number of hydrogen-bond donors (Lipinski definition) is 2. The number of nitrogens with one attached hydrogen (secondary N) is 2. The Bertz CT molecular complexity index is 720. The van der Waals surface area contributed by atoms with Crippen molar-refractivity contribution in [3.63, 3.8) is 0 Å². The van der Waals surface area contributed by atoms with Crippen molar-refractivity contribution in [3.05, 3.63) is 27.5 Å². The minimum absolute atomic E-state index is 0.328. The van der Waals surface area contributed by atoms with Crippen molar-refractivity contribution < 1.29 is 14.3 Å². The number of nitrogens with zero attached hydrogens (tertiary/aromatic N) is 2. The lowest BCUT2D eigenvalue weighted by atomic mass is 10.0. The van der Waals surface area contributed by atoms with Gasteiger partial charge in [-0.15, -0.1) is 10.2 Å². The summed E-state index contributed by atoms with van der Waals surface area (Å²) >= 11 is 1.34. The van der Waals surface area contributed by atoms with Gasteiger partial charge in [0, 0.05) is 5.69 Å². The van der Waals surface area contributed by atoms with Crippen LogP contribution in [0.5, 0.6) is 0 Å². The van der Waals surface area contributed by atoms with Crippen LogP contribution < -0.4 is 5.32 Å². The van der Waals surface area contributed by atoms with Gasteiger partial charge in [0.15, 0.2) is 0 Å². The second kappa shape index (κ2) is 7.36. The van der Waals surface area contributed by atoms with Crippen LogP contribution in [-0.4, -0.2) is 34.2 Å². The molecule has 0 aliphatic rings. The first-order valence-electron chi connectivity index (χ1n) is 7.45. The molecule has 0 atom stereocenters. The molecule has 0 bridgehead atoms. The maximum absolute atomic E-state index is 12.5. The van der Waals surface area contributed by atoms with Crippen molar-refractivity contribution in [3.8, 4) is 0 Å². The Morgan fingerprint density at radius 2 is 2.04 bits per heavy atom. The van der Waals surface area contributed by atoms with E-state index in [1.165, 1.54) is 18.4 Å². The summed E-state index contributed by atoms with van der Waals surface area (Å²) in [6, 6.07) is 0. The summed E-state index contributed by atoms with van der Waals surface area (Å²) in [4.78, 5) is 27.5. The molecule has 0 radical (unpaired) electrons. The van der Waals surface area contributed by atoms with Crippen LogP contribution in [0.3, 0.4) is 0 Å². The van der Waals surface area contributed by atoms with Crippen molar-refractivity contribution in [2.45, 2.75) is 40.0 Å². The zero-order valence-corrected chi connectivity index (χ0v) is 14.5. The van der Waals surface area contributed by atoms with E-state index in [0.717, 1.165) is 17.8 Å². The maximum Gasteiger partial charge on any atom is 0.339 e. The summed E-state index contributed by atoms with van der Waals surface area (Å²) in [6.07, 6.45) is 2.18. The molecule has 1 amide bonds. The molecule has 2 N–H and O–H groups in total. The van der Waals surface area contributed by atoms with Crippen molar-refractivity contribution in [1.82, 2.24) is 15.2 Å². The Labute approximate surface area is 138 Å². The van der Waals surface area contributed by atoms with E-state index >= 15 is 0 Å². The molecular weight excluding hydrogens is 316 g/mol. The lowest BCUT2D eigenvalue weighted by Gasteiger charge is -2.05. The highest BCUT2D eigenvalue weighted by Gasteiger charge is 2.25. The van der Waals surface area contributed by atoms with E-state index in [1.807, 2.05) is 13.8 Å². The van der Waals surface area contributed by atoms with Crippen LogP contribution in [0.25, 0.3) is 0 Å². The van der Waals surface area contributed by atoms with Crippen molar-refractivity contribution in [2.24, 2.45) is 0 Å². The smallest absolute Gasteiger partial charge is 0.339 e. The van der Waals surface area contributed by atoms with E-state index in [4.69, 9.17) is 4.74 Å². The molecule has 0 aliphatic heterocycles. The van der Waals surface area contributed by atoms with Gasteiger partial charge < -0.3 is 9.72 Å². The first kappa shape index (κ1) is 17.1. The van der Waals surface area contributed by atoms with Crippen molar-refractivity contribution in [1.29, 1.82) is 0 Å². The quantitative estimate of drug-likeness (QED) is 0.791. The number of aryl methyl sites for hydroxylation is 2. The van der Waals surface area contributed by atoms with E-state index in [0.29, 0.717) is 34.1 Å². The fourth-order valence-corrected chi connectivity index (χ4v) is 3.03. The Hall–Kier alpha value is -2.22. The largest absolute Gasteiger partial charge is 0.465 e. The average molecular weight is 336 g/mol. The molecule has 0 saturated heterocycles. The highest BCUT2D eigenvalue weighted by Crippen LogP contribution is 2.23. The molecule has 2 rings (SSSR count). The summed E-state index contributed by atoms with van der Waals surface area (Å²) in [6.45, 7) is 5.72. The summed E-state index contributed by atoms with van der Waals surface area (Å²) in [5, 5.41) is 11.9. The zero-order chi connectivity index (χ0) is 17.0. The molecule has 0 aliphatic carbocycles. The van der Waals surface area contributed by atoms with Gasteiger partial charge in [-0.1, -0.05) is 31.6 Å². The number of rotatable bonds is 6. The number of aromatic amines is 1. The van der Waals surface area contributed by atoms with Crippen LogP contribution in [0.15, 0.2) is 0 Å². The van der Waals surface area contributed by atoms with Gasteiger partial charge in [0.1, 0.15) is 10.7 Å². The molecular formula is C15H20N4O3S. The van der Waals surface area contributed by atoms with Crippen molar-refractivity contribution in [2.75, 3.05) is 12.4 Å². The van der Waals surface area contributed by atoms with Gasteiger partial charge in [0.2, 0.25) is 5.13 Å². The van der Waals surface area contributed by atoms with Crippen LogP contribution in [0.2, 0.25) is 0 Å². The van der Waals surface area contributed by atoms with E-state index in [-0.39, 0.29) is 5.91 Å². The minimum Gasteiger partial charge on any atom is -0.465 e. The number of aromatic nitrogens is 3. The maximum atomic E-state index is 12.5. The molecule has 23 heavy (non-hydrogen) atoms. The SMILES string of the molecule is CCCc1c(C(=O)Nc2nnc(CC)s2)[nH]c(C)c1C(=O)OC. The van der Waals surface area contributed by atoms with Gasteiger partial charge in [0.25, 0.3) is 5.91 Å². The number of anilines is 1. The van der Waals surface area contributed by atoms with Crippen LogP contribution in [0, 0.1) is 6.92 Å². The molecule has 2 aromatic rings. The third-order valence-corrected chi connectivity index (χ3v) is 4.38. The lowest BCUT2D eigenvalue weighted by Crippen LogP contribution is -2.15. The number of amides is 1. The molecule has 0 aromatic carbocycles. The van der Waals surface area contributed by atoms with Gasteiger partial charge in [-0.05, 0) is 25.3 Å². The Kier molecular flexibility index (Phi) is 5.49.